The van der Waals surface area contributed by atoms with E-state index in [1.54, 1.807) is 23.5 Å². The predicted octanol–water partition coefficient (Wildman–Crippen LogP) is 6.02. The molecule has 7 heteroatoms. The van der Waals surface area contributed by atoms with Gasteiger partial charge in [0.25, 0.3) is 0 Å². The summed E-state index contributed by atoms with van der Waals surface area (Å²) in [4.78, 5) is 28.5. The Bertz CT molecular complexity index is 1220. The van der Waals surface area contributed by atoms with Gasteiger partial charge in [0.15, 0.2) is 10.9 Å². The van der Waals surface area contributed by atoms with Crippen LogP contribution in [0.5, 0.6) is 0 Å². The zero-order valence-corrected chi connectivity index (χ0v) is 19.0. The Balaban J connectivity index is 1.41. The Labute approximate surface area is 195 Å². The molecule has 2 N–H and O–H groups in total. The van der Waals surface area contributed by atoms with Crippen LogP contribution in [0.15, 0.2) is 72.8 Å². The molecule has 0 amide bonds. The van der Waals surface area contributed by atoms with Gasteiger partial charge in [-0.25, -0.2) is 4.98 Å². The SMILES string of the molecule is COCCC(CC(=O)c1ccc(-c2ccc(Nc3nc4ccccc4s3)cc2)cc1)C(=O)O. The number of thiazole rings is 1. The summed E-state index contributed by atoms with van der Waals surface area (Å²) >= 11 is 1.61. The predicted molar refractivity (Wildman–Crippen MR) is 131 cm³/mol. The molecule has 0 bridgehead atoms. The number of fused-ring (bicyclic) bond motifs is 1. The number of hydrogen-bond acceptors (Lipinski definition) is 6. The first-order valence-electron chi connectivity index (χ1n) is 10.6. The number of anilines is 2. The zero-order chi connectivity index (χ0) is 23.2. The van der Waals surface area contributed by atoms with E-state index in [4.69, 9.17) is 4.74 Å². The normalized spacial score (nSPS) is 11.9. The van der Waals surface area contributed by atoms with Gasteiger partial charge in [0.1, 0.15) is 0 Å². The van der Waals surface area contributed by atoms with Crippen LogP contribution < -0.4 is 5.32 Å². The molecule has 1 atom stereocenters. The Kier molecular flexibility index (Phi) is 7.12. The third kappa shape index (κ3) is 5.63. The maximum absolute atomic E-state index is 12.5. The number of nitrogens with one attached hydrogen (secondary N) is 1. The maximum atomic E-state index is 12.5. The van der Waals surface area contributed by atoms with Crippen LogP contribution in [0.25, 0.3) is 21.3 Å². The molecule has 3 aromatic carbocycles. The minimum atomic E-state index is -0.975. The smallest absolute Gasteiger partial charge is 0.307 e. The molecule has 4 aromatic rings. The standard InChI is InChI=1S/C26H24N2O4S/c1-32-15-14-20(25(30)31)16-23(29)19-8-6-17(7-9-19)18-10-12-21(13-11-18)27-26-28-22-4-2-3-5-24(22)33-26/h2-13,20H,14-16H2,1H3,(H,27,28)(H,30,31). The number of carboxylic acids is 1. The molecule has 1 heterocycles. The van der Waals surface area contributed by atoms with Gasteiger partial charge in [0, 0.05) is 31.4 Å². The van der Waals surface area contributed by atoms with Gasteiger partial charge in [0.2, 0.25) is 0 Å². The van der Waals surface area contributed by atoms with E-state index in [-0.39, 0.29) is 12.2 Å². The maximum Gasteiger partial charge on any atom is 0.307 e. The van der Waals surface area contributed by atoms with E-state index in [2.05, 4.69) is 16.4 Å². The third-order valence-corrected chi connectivity index (χ3v) is 6.37. The van der Waals surface area contributed by atoms with Crippen molar-refractivity contribution >= 4 is 44.1 Å². The molecule has 0 aliphatic heterocycles. The van der Waals surface area contributed by atoms with Crippen LogP contribution >= 0.6 is 11.3 Å². The van der Waals surface area contributed by atoms with Crippen molar-refractivity contribution < 1.29 is 19.4 Å². The summed E-state index contributed by atoms with van der Waals surface area (Å²) in [6, 6.07) is 23.3. The molecule has 1 unspecified atom stereocenters. The fourth-order valence-electron chi connectivity index (χ4n) is 3.56. The molecular weight excluding hydrogens is 436 g/mol. The topological polar surface area (TPSA) is 88.5 Å². The summed E-state index contributed by atoms with van der Waals surface area (Å²) in [5.74, 6) is -1.90. The highest BCUT2D eigenvalue weighted by molar-refractivity contribution is 7.22. The van der Waals surface area contributed by atoms with Gasteiger partial charge in [-0.15, -0.1) is 0 Å². The van der Waals surface area contributed by atoms with Crippen LogP contribution in [-0.4, -0.2) is 35.6 Å². The number of carbonyl (C=O) groups excluding carboxylic acids is 1. The van der Waals surface area contributed by atoms with E-state index in [1.807, 2.05) is 54.6 Å². The second-order valence-electron chi connectivity index (χ2n) is 7.71. The molecule has 0 saturated carbocycles. The number of rotatable bonds is 10. The van der Waals surface area contributed by atoms with Gasteiger partial charge < -0.3 is 15.2 Å². The number of para-hydroxylation sites is 1. The fourth-order valence-corrected chi connectivity index (χ4v) is 4.44. The first-order valence-corrected chi connectivity index (χ1v) is 11.4. The van der Waals surface area contributed by atoms with Crippen LogP contribution in [-0.2, 0) is 9.53 Å². The molecule has 0 aliphatic carbocycles. The number of Topliss-reactive ketones (excluding diaryl/α,β-unsaturated/α-hetero) is 1. The summed E-state index contributed by atoms with van der Waals surface area (Å²) in [5, 5.41) is 13.5. The molecule has 0 aliphatic rings. The molecule has 0 saturated heterocycles. The highest BCUT2D eigenvalue weighted by atomic mass is 32.1. The first-order chi connectivity index (χ1) is 16.0. The number of benzene rings is 3. The number of ether oxygens (including phenoxy) is 1. The average molecular weight is 461 g/mol. The van der Waals surface area contributed by atoms with Crippen molar-refractivity contribution in [2.75, 3.05) is 19.0 Å². The number of methoxy groups -OCH3 is 1. The summed E-state index contributed by atoms with van der Waals surface area (Å²) in [5.41, 5.74) is 4.43. The molecule has 6 nitrogen and oxygen atoms in total. The van der Waals surface area contributed by atoms with Gasteiger partial charge in [-0.1, -0.05) is 59.9 Å². The van der Waals surface area contributed by atoms with E-state index in [0.29, 0.717) is 18.6 Å². The summed E-state index contributed by atoms with van der Waals surface area (Å²) in [6.45, 7) is 0.313. The minimum Gasteiger partial charge on any atom is -0.481 e. The van der Waals surface area contributed by atoms with Crippen molar-refractivity contribution in [2.24, 2.45) is 5.92 Å². The van der Waals surface area contributed by atoms with Crippen LogP contribution in [0, 0.1) is 5.92 Å². The molecule has 0 fully saturated rings. The van der Waals surface area contributed by atoms with Crippen molar-refractivity contribution in [2.45, 2.75) is 12.8 Å². The number of nitrogens with zero attached hydrogens (tertiary/aromatic N) is 1. The lowest BCUT2D eigenvalue weighted by Gasteiger charge is -2.11. The van der Waals surface area contributed by atoms with Crippen LogP contribution in [0.3, 0.4) is 0 Å². The van der Waals surface area contributed by atoms with E-state index in [9.17, 15) is 14.7 Å². The lowest BCUT2D eigenvalue weighted by Crippen LogP contribution is -2.19. The lowest BCUT2D eigenvalue weighted by molar-refractivity contribution is -0.142. The number of carboxylic acid groups (broad SMARTS) is 1. The highest BCUT2D eigenvalue weighted by Gasteiger charge is 2.21. The van der Waals surface area contributed by atoms with Crippen LogP contribution in [0.2, 0.25) is 0 Å². The Morgan fingerprint density at radius 1 is 1.00 bits per heavy atom. The minimum absolute atomic E-state index is 0.0375. The highest BCUT2D eigenvalue weighted by Crippen LogP contribution is 2.29. The second kappa shape index (κ2) is 10.4. The van der Waals surface area contributed by atoms with E-state index >= 15 is 0 Å². The molecule has 0 spiro atoms. The second-order valence-corrected chi connectivity index (χ2v) is 8.74. The van der Waals surface area contributed by atoms with Crippen molar-refractivity contribution in [1.29, 1.82) is 0 Å². The molecule has 0 radical (unpaired) electrons. The number of aromatic nitrogens is 1. The van der Waals surface area contributed by atoms with Crippen molar-refractivity contribution in [3.8, 4) is 11.1 Å². The molecule has 168 valence electrons. The quantitative estimate of drug-likeness (QED) is 0.282. The lowest BCUT2D eigenvalue weighted by atomic mass is 9.94. The Morgan fingerprint density at radius 3 is 2.30 bits per heavy atom. The van der Waals surface area contributed by atoms with Gasteiger partial charge in [0.05, 0.1) is 16.1 Å². The number of carbonyl (C=O) groups is 2. The molecule has 33 heavy (non-hydrogen) atoms. The van der Waals surface area contributed by atoms with E-state index in [1.165, 1.54) is 7.11 Å². The molecule has 1 aromatic heterocycles. The summed E-state index contributed by atoms with van der Waals surface area (Å²) in [6.07, 6.45) is 0.275. The van der Waals surface area contributed by atoms with Gasteiger partial charge in [-0.3, -0.25) is 9.59 Å². The number of ketones is 1. The summed E-state index contributed by atoms with van der Waals surface area (Å²) < 4.78 is 6.09. The van der Waals surface area contributed by atoms with Gasteiger partial charge in [-0.2, -0.15) is 0 Å². The fraction of sp³-hybridized carbons (Fsp3) is 0.192. The largest absolute Gasteiger partial charge is 0.481 e. The van der Waals surface area contributed by atoms with E-state index in [0.717, 1.165) is 32.2 Å². The first kappa shape index (κ1) is 22.6. The molecular formula is C26H24N2O4S. The van der Waals surface area contributed by atoms with Gasteiger partial charge >= 0.3 is 5.97 Å². The Hall–Kier alpha value is -3.55. The van der Waals surface area contributed by atoms with Crippen molar-refractivity contribution in [1.82, 2.24) is 4.98 Å². The monoisotopic (exact) mass is 460 g/mol. The van der Waals surface area contributed by atoms with Gasteiger partial charge in [-0.05, 0) is 41.8 Å². The number of hydrogen-bond donors (Lipinski definition) is 2. The van der Waals surface area contributed by atoms with Crippen molar-refractivity contribution in [3.05, 3.63) is 78.4 Å². The van der Waals surface area contributed by atoms with E-state index < -0.39 is 11.9 Å². The van der Waals surface area contributed by atoms with Crippen LogP contribution in [0.4, 0.5) is 10.8 Å². The Morgan fingerprint density at radius 2 is 1.67 bits per heavy atom. The third-order valence-electron chi connectivity index (χ3n) is 5.42. The number of aliphatic carboxylic acids is 1. The molecule has 4 rings (SSSR count). The zero-order valence-electron chi connectivity index (χ0n) is 18.2. The average Bonchev–Trinajstić information content (AvgIpc) is 3.24. The van der Waals surface area contributed by atoms with Crippen molar-refractivity contribution in [3.63, 3.8) is 0 Å². The van der Waals surface area contributed by atoms with Crippen LogP contribution in [0.1, 0.15) is 23.2 Å². The summed E-state index contributed by atoms with van der Waals surface area (Å²) in [7, 11) is 1.52.